The largest absolute Gasteiger partial charge is 0.399 e. The summed E-state index contributed by atoms with van der Waals surface area (Å²) in [4.78, 5) is 14.1. The van der Waals surface area contributed by atoms with Crippen LogP contribution in [0.25, 0.3) is 0 Å². The number of nitrogens with zero attached hydrogens (tertiary/aromatic N) is 1. The van der Waals surface area contributed by atoms with Crippen LogP contribution in [-0.4, -0.2) is 36.1 Å². The first-order valence-corrected chi connectivity index (χ1v) is 5.86. The molecule has 2 atom stereocenters. The molecule has 0 unspecified atom stereocenters. The number of carbonyl (C=O) groups excluding carboxylic acids is 1. The third-order valence-corrected chi connectivity index (χ3v) is 2.84. The van der Waals surface area contributed by atoms with E-state index in [0.29, 0.717) is 24.3 Å². The van der Waals surface area contributed by atoms with Gasteiger partial charge in [0.05, 0.1) is 12.2 Å². The van der Waals surface area contributed by atoms with Crippen LogP contribution >= 0.6 is 0 Å². The van der Waals surface area contributed by atoms with Gasteiger partial charge in [-0.3, -0.25) is 4.79 Å². The maximum atomic E-state index is 12.3. The highest BCUT2D eigenvalue weighted by molar-refractivity contribution is 5.95. The van der Waals surface area contributed by atoms with Crippen molar-refractivity contribution in [2.45, 2.75) is 26.1 Å². The summed E-state index contributed by atoms with van der Waals surface area (Å²) < 4.78 is 5.61. The molecule has 0 aliphatic carbocycles. The summed E-state index contributed by atoms with van der Waals surface area (Å²) >= 11 is 0. The smallest absolute Gasteiger partial charge is 0.254 e. The number of carbonyl (C=O) groups is 1. The Hall–Kier alpha value is -1.55. The molecule has 0 bridgehead atoms. The molecule has 1 aromatic rings. The van der Waals surface area contributed by atoms with Crippen LogP contribution in [0, 0.1) is 0 Å². The predicted molar refractivity (Wildman–Crippen MR) is 66.8 cm³/mol. The molecule has 1 aliphatic heterocycles. The number of ether oxygens (including phenoxy) is 1. The van der Waals surface area contributed by atoms with Crippen molar-refractivity contribution in [3.63, 3.8) is 0 Å². The molecule has 1 heterocycles. The van der Waals surface area contributed by atoms with Gasteiger partial charge in [0, 0.05) is 24.3 Å². The van der Waals surface area contributed by atoms with Crippen molar-refractivity contribution in [2.75, 3.05) is 18.8 Å². The fourth-order valence-corrected chi connectivity index (χ4v) is 2.20. The van der Waals surface area contributed by atoms with Gasteiger partial charge in [-0.05, 0) is 32.0 Å². The topological polar surface area (TPSA) is 55.6 Å². The summed E-state index contributed by atoms with van der Waals surface area (Å²) in [5.41, 5.74) is 6.95. The first-order chi connectivity index (χ1) is 8.06. The standard InChI is InChI=1S/C13H18N2O2/c1-9-7-15(8-10(2)17-9)13(16)11-4-3-5-12(14)6-11/h3-6,9-10H,7-8,14H2,1-2H3/t9-,10-/m0/s1. The summed E-state index contributed by atoms with van der Waals surface area (Å²) in [7, 11) is 0. The Morgan fingerprint density at radius 2 is 2.00 bits per heavy atom. The number of nitrogens with two attached hydrogens (primary N) is 1. The Labute approximate surface area is 101 Å². The molecule has 0 radical (unpaired) electrons. The second-order valence-corrected chi connectivity index (χ2v) is 4.59. The Kier molecular flexibility index (Phi) is 3.33. The number of benzene rings is 1. The van der Waals surface area contributed by atoms with E-state index >= 15 is 0 Å². The van der Waals surface area contributed by atoms with Gasteiger partial charge in [-0.15, -0.1) is 0 Å². The Morgan fingerprint density at radius 3 is 2.59 bits per heavy atom. The molecule has 2 rings (SSSR count). The molecule has 1 aromatic carbocycles. The molecule has 1 saturated heterocycles. The summed E-state index contributed by atoms with van der Waals surface area (Å²) in [6.07, 6.45) is 0.174. The third kappa shape index (κ3) is 2.77. The molecule has 1 aliphatic rings. The van der Waals surface area contributed by atoms with Crippen molar-refractivity contribution >= 4 is 11.6 Å². The van der Waals surface area contributed by atoms with E-state index in [9.17, 15) is 4.79 Å². The molecule has 17 heavy (non-hydrogen) atoms. The maximum absolute atomic E-state index is 12.3. The van der Waals surface area contributed by atoms with Crippen LogP contribution in [0.4, 0.5) is 5.69 Å². The lowest BCUT2D eigenvalue weighted by atomic mass is 10.1. The molecular weight excluding hydrogens is 216 g/mol. The molecule has 92 valence electrons. The van der Waals surface area contributed by atoms with Gasteiger partial charge in [0.25, 0.3) is 5.91 Å². The summed E-state index contributed by atoms with van der Waals surface area (Å²) in [5, 5.41) is 0. The first-order valence-electron chi connectivity index (χ1n) is 5.86. The van der Waals surface area contributed by atoms with E-state index in [1.165, 1.54) is 0 Å². The van der Waals surface area contributed by atoms with Crippen LogP contribution in [0.3, 0.4) is 0 Å². The number of amides is 1. The van der Waals surface area contributed by atoms with Crippen molar-refractivity contribution < 1.29 is 9.53 Å². The third-order valence-electron chi connectivity index (χ3n) is 2.84. The number of hydrogen-bond donors (Lipinski definition) is 1. The predicted octanol–water partition coefficient (Wildman–Crippen LogP) is 1.52. The minimum absolute atomic E-state index is 0.0271. The lowest BCUT2D eigenvalue weighted by Gasteiger charge is -2.35. The van der Waals surface area contributed by atoms with Gasteiger partial charge in [-0.2, -0.15) is 0 Å². The maximum Gasteiger partial charge on any atom is 0.254 e. The molecule has 1 fully saturated rings. The van der Waals surface area contributed by atoms with E-state index in [0.717, 1.165) is 0 Å². The minimum Gasteiger partial charge on any atom is -0.399 e. The molecule has 0 aromatic heterocycles. The lowest BCUT2D eigenvalue weighted by molar-refractivity contribution is -0.0586. The van der Waals surface area contributed by atoms with Crippen LogP contribution in [0.1, 0.15) is 24.2 Å². The zero-order valence-electron chi connectivity index (χ0n) is 10.2. The van der Waals surface area contributed by atoms with E-state index < -0.39 is 0 Å². The van der Waals surface area contributed by atoms with Gasteiger partial charge in [0.2, 0.25) is 0 Å². The molecule has 4 heteroatoms. The van der Waals surface area contributed by atoms with Crippen molar-refractivity contribution in [2.24, 2.45) is 0 Å². The Balaban J connectivity index is 2.14. The van der Waals surface area contributed by atoms with Crippen LogP contribution in [-0.2, 0) is 4.74 Å². The Morgan fingerprint density at radius 1 is 1.35 bits per heavy atom. The van der Waals surface area contributed by atoms with Gasteiger partial charge >= 0.3 is 0 Å². The van der Waals surface area contributed by atoms with Gasteiger partial charge in [0.1, 0.15) is 0 Å². The van der Waals surface area contributed by atoms with Gasteiger partial charge in [-0.1, -0.05) is 6.07 Å². The highest BCUT2D eigenvalue weighted by Crippen LogP contribution is 2.15. The fraction of sp³-hybridized carbons (Fsp3) is 0.462. The second kappa shape index (κ2) is 4.75. The number of hydrogen-bond acceptors (Lipinski definition) is 3. The summed E-state index contributed by atoms with van der Waals surface area (Å²) in [6, 6.07) is 7.09. The zero-order valence-corrected chi connectivity index (χ0v) is 10.2. The number of anilines is 1. The van der Waals surface area contributed by atoms with E-state index in [1.54, 1.807) is 24.3 Å². The number of morpholine rings is 1. The molecule has 0 spiro atoms. The van der Waals surface area contributed by atoms with Crippen molar-refractivity contribution in [3.05, 3.63) is 29.8 Å². The van der Waals surface area contributed by atoms with E-state index in [2.05, 4.69) is 0 Å². The first kappa shape index (κ1) is 11.9. The molecule has 2 N–H and O–H groups in total. The summed E-state index contributed by atoms with van der Waals surface area (Å²) in [5.74, 6) is 0.0271. The number of rotatable bonds is 1. The lowest BCUT2D eigenvalue weighted by Crippen LogP contribution is -2.48. The zero-order chi connectivity index (χ0) is 12.4. The number of nitrogen functional groups attached to an aromatic ring is 1. The van der Waals surface area contributed by atoms with E-state index in [-0.39, 0.29) is 18.1 Å². The van der Waals surface area contributed by atoms with Crippen molar-refractivity contribution in [3.8, 4) is 0 Å². The molecule has 1 amide bonds. The van der Waals surface area contributed by atoms with E-state index in [4.69, 9.17) is 10.5 Å². The minimum atomic E-state index is 0.0271. The van der Waals surface area contributed by atoms with Gasteiger partial charge < -0.3 is 15.4 Å². The van der Waals surface area contributed by atoms with Gasteiger partial charge in [-0.25, -0.2) is 0 Å². The average molecular weight is 234 g/mol. The Bertz CT molecular complexity index is 410. The molecular formula is C13H18N2O2. The van der Waals surface area contributed by atoms with Crippen LogP contribution in [0.5, 0.6) is 0 Å². The highest BCUT2D eigenvalue weighted by Gasteiger charge is 2.26. The quantitative estimate of drug-likeness (QED) is 0.749. The normalized spacial score (nSPS) is 24.7. The fourth-order valence-electron chi connectivity index (χ4n) is 2.20. The molecule has 4 nitrogen and oxygen atoms in total. The summed E-state index contributed by atoms with van der Waals surface area (Å²) in [6.45, 7) is 5.24. The second-order valence-electron chi connectivity index (χ2n) is 4.59. The molecule has 0 saturated carbocycles. The van der Waals surface area contributed by atoms with Gasteiger partial charge in [0.15, 0.2) is 0 Å². The monoisotopic (exact) mass is 234 g/mol. The van der Waals surface area contributed by atoms with Crippen LogP contribution in [0.2, 0.25) is 0 Å². The van der Waals surface area contributed by atoms with Crippen molar-refractivity contribution in [1.82, 2.24) is 4.90 Å². The average Bonchev–Trinajstić information content (AvgIpc) is 2.26. The van der Waals surface area contributed by atoms with Crippen LogP contribution in [0.15, 0.2) is 24.3 Å². The SMILES string of the molecule is C[C@H]1CN(C(=O)c2cccc(N)c2)C[C@H](C)O1. The van der Waals surface area contributed by atoms with E-state index in [1.807, 2.05) is 18.7 Å². The van der Waals surface area contributed by atoms with Crippen molar-refractivity contribution in [1.29, 1.82) is 0 Å². The highest BCUT2D eigenvalue weighted by atomic mass is 16.5. The van der Waals surface area contributed by atoms with Crippen LogP contribution < -0.4 is 5.73 Å².